The summed E-state index contributed by atoms with van der Waals surface area (Å²) in [6.07, 6.45) is 4.15. The fourth-order valence-electron chi connectivity index (χ4n) is 0.337. The van der Waals surface area contributed by atoms with Gasteiger partial charge in [0.2, 0.25) is 0 Å². The molecule has 2 heteroatoms. The maximum Gasteiger partial charge on any atom is 0.0447 e. The summed E-state index contributed by atoms with van der Waals surface area (Å²) in [5, 5.41) is 0. The first kappa shape index (κ1) is 8.70. The monoisotopic (exact) mass is 240 g/mol. The van der Waals surface area contributed by atoms with Gasteiger partial charge in [0.15, 0.2) is 0 Å². The number of allylic oxidation sites excluding steroid dienone is 2. The average Bonchev–Trinajstić information content (AvgIpc) is 1.67. The largest absolute Gasteiger partial charge is 0.0905 e. The molecule has 0 radical (unpaired) electrons. The molecule has 0 aliphatic heterocycles. The fourth-order valence-corrected chi connectivity index (χ4v) is 0.818. The van der Waals surface area contributed by atoms with Crippen LogP contribution in [0.5, 0.6) is 0 Å². The van der Waals surface area contributed by atoms with Gasteiger partial charge in [-0.15, -0.1) is 0 Å². The van der Waals surface area contributed by atoms with E-state index in [1.54, 1.807) is 0 Å². The molecule has 0 bridgehead atoms. The van der Waals surface area contributed by atoms with Crippen LogP contribution in [0.25, 0.3) is 0 Å². The van der Waals surface area contributed by atoms with Crippen LogP contribution >= 0.6 is 31.9 Å². The van der Waals surface area contributed by atoms with E-state index in [1.807, 2.05) is 13.0 Å². The highest BCUT2D eigenvalue weighted by molar-refractivity contribution is 9.12. The molecule has 0 aliphatic rings. The van der Waals surface area contributed by atoms with E-state index in [-0.39, 0.29) is 0 Å². The minimum absolute atomic E-state index is 0.465. The molecular formula is C6H10Br2. The maximum atomic E-state index is 3.47. The van der Waals surface area contributed by atoms with Crippen LogP contribution in [0.15, 0.2) is 12.2 Å². The number of hydrogen-bond acceptors (Lipinski definition) is 0. The zero-order valence-electron chi connectivity index (χ0n) is 5.07. The third kappa shape index (κ3) is 3.67. The SMILES string of the molecule is C/C=C/C(Br)C(C)Br. The minimum Gasteiger partial charge on any atom is -0.0905 e. The van der Waals surface area contributed by atoms with Crippen LogP contribution in [0, 0.1) is 0 Å². The summed E-state index contributed by atoms with van der Waals surface area (Å²) < 4.78 is 0. The van der Waals surface area contributed by atoms with Crippen molar-refractivity contribution in [2.75, 3.05) is 0 Å². The standard InChI is InChI=1S/C6H10Br2/c1-3-4-6(8)5(2)7/h3-6H,1-2H3/b4-3+. The molecule has 0 amide bonds. The molecule has 0 aromatic carbocycles. The van der Waals surface area contributed by atoms with E-state index in [1.165, 1.54) is 0 Å². The van der Waals surface area contributed by atoms with E-state index in [4.69, 9.17) is 0 Å². The Hall–Kier alpha value is 0.700. The molecule has 0 aromatic rings. The Balaban J connectivity index is 3.47. The van der Waals surface area contributed by atoms with Gasteiger partial charge >= 0.3 is 0 Å². The Bertz CT molecular complexity index is 76.6. The summed E-state index contributed by atoms with van der Waals surface area (Å²) in [5.74, 6) is 0. The van der Waals surface area contributed by atoms with E-state index in [2.05, 4.69) is 44.9 Å². The van der Waals surface area contributed by atoms with E-state index in [9.17, 15) is 0 Å². The lowest BCUT2D eigenvalue weighted by molar-refractivity contribution is 1.03. The minimum atomic E-state index is 0.465. The molecule has 0 N–H and O–H groups in total. The Morgan fingerprint density at radius 1 is 1.38 bits per heavy atom. The van der Waals surface area contributed by atoms with Gasteiger partial charge in [0.05, 0.1) is 0 Å². The number of halogens is 2. The van der Waals surface area contributed by atoms with Crippen molar-refractivity contribution in [3.8, 4) is 0 Å². The zero-order valence-corrected chi connectivity index (χ0v) is 8.24. The molecule has 8 heavy (non-hydrogen) atoms. The van der Waals surface area contributed by atoms with Crippen molar-refractivity contribution < 1.29 is 0 Å². The summed E-state index contributed by atoms with van der Waals surface area (Å²) in [6, 6.07) is 0. The average molecular weight is 242 g/mol. The van der Waals surface area contributed by atoms with Crippen LogP contribution in [0.4, 0.5) is 0 Å². The van der Waals surface area contributed by atoms with Crippen molar-refractivity contribution in [3.05, 3.63) is 12.2 Å². The first-order valence-corrected chi connectivity index (χ1v) is 4.42. The molecular weight excluding hydrogens is 232 g/mol. The first-order valence-electron chi connectivity index (χ1n) is 2.59. The van der Waals surface area contributed by atoms with Gasteiger partial charge in [-0.25, -0.2) is 0 Å². The van der Waals surface area contributed by atoms with Crippen LogP contribution in [-0.4, -0.2) is 9.65 Å². The van der Waals surface area contributed by atoms with Crippen LogP contribution in [0.3, 0.4) is 0 Å². The molecule has 48 valence electrons. The second-order valence-corrected chi connectivity index (χ2v) is 4.15. The number of alkyl halides is 2. The van der Waals surface area contributed by atoms with E-state index in [0.717, 1.165) is 0 Å². The van der Waals surface area contributed by atoms with Crippen molar-refractivity contribution in [1.82, 2.24) is 0 Å². The molecule has 0 heterocycles. The molecule has 0 aromatic heterocycles. The predicted octanol–water partition coefficient (Wildman–Crippen LogP) is 3.11. The Kier molecular flexibility index (Phi) is 4.97. The molecule has 0 rings (SSSR count). The van der Waals surface area contributed by atoms with E-state index >= 15 is 0 Å². The lowest BCUT2D eigenvalue weighted by Crippen LogP contribution is -2.04. The molecule has 0 fully saturated rings. The van der Waals surface area contributed by atoms with Gasteiger partial charge in [-0.3, -0.25) is 0 Å². The number of rotatable bonds is 2. The van der Waals surface area contributed by atoms with Crippen molar-refractivity contribution in [2.24, 2.45) is 0 Å². The Labute approximate surface area is 67.6 Å². The molecule has 0 nitrogen and oxygen atoms in total. The lowest BCUT2D eigenvalue weighted by atomic mass is 10.3. The molecule has 0 saturated carbocycles. The van der Waals surface area contributed by atoms with Gasteiger partial charge in [0.1, 0.15) is 0 Å². The summed E-state index contributed by atoms with van der Waals surface area (Å²) >= 11 is 6.91. The van der Waals surface area contributed by atoms with Crippen molar-refractivity contribution in [2.45, 2.75) is 23.5 Å². The first-order chi connectivity index (χ1) is 3.68. The van der Waals surface area contributed by atoms with E-state index in [0.29, 0.717) is 9.65 Å². The molecule has 0 saturated heterocycles. The highest BCUT2D eigenvalue weighted by Gasteiger charge is 2.03. The van der Waals surface area contributed by atoms with Gasteiger partial charge in [-0.05, 0) is 6.92 Å². The van der Waals surface area contributed by atoms with Crippen molar-refractivity contribution >= 4 is 31.9 Å². The smallest absolute Gasteiger partial charge is 0.0447 e. The Morgan fingerprint density at radius 3 is 2.00 bits per heavy atom. The predicted molar refractivity (Wildman–Crippen MR) is 45.9 cm³/mol. The maximum absolute atomic E-state index is 3.47. The topological polar surface area (TPSA) is 0 Å². The summed E-state index contributed by atoms with van der Waals surface area (Å²) in [4.78, 5) is 0.978. The van der Waals surface area contributed by atoms with Crippen molar-refractivity contribution in [1.29, 1.82) is 0 Å². The summed E-state index contributed by atoms with van der Waals surface area (Å²) in [5.41, 5.74) is 0. The number of hydrogen-bond donors (Lipinski definition) is 0. The Morgan fingerprint density at radius 2 is 1.88 bits per heavy atom. The van der Waals surface area contributed by atoms with Gasteiger partial charge < -0.3 is 0 Å². The second kappa shape index (κ2) is 4.57. The highest BCUT2D eigenvalue weighted by atomic mass is 79.9. The second-order valence-electron chi connectivity index (χ2n) is 1.65. The van der Waals surface area contributed by atoms with Crippen LogP contribution in [0.1, 0.15) is 13.8 Å². The zero-order chi connectivity index (χ0) is 6.57. The van der Waals surface area contributed by atoms with Crippen LogP contribution < -0.4 is 0 Å². The molecule has 2 unspecified atom stereocenters. The van der Waals surface area contributed by atoms with Gasteiger partial charge in [-0.1, -0.05) is 50.9 Å². The van der Waals surface area contributed by atoms with Crippen LogP contribution in [0.2, 0.25) is 0 Å². The summed E-state index contributed by atoms with van der Waals surface area (Å²) in [6.45, 7) is 4.13. The normalized spacial score (nSPS) is 19.0. The quantitative estimate of drug-likeness (QED) is 0.515. The van der Waals surface area contributed by atoms with E-state index < -0.39 is 0 Å². The van der Waals surface area contributed by atoms with Gasteiger partial charge in [0.25, 0.3) is 0 Å². The third-order valence-corrected chi connectivity index (χ3v) is 3.19. The van der Waals surface area contributed by atoms with Crippen LogP contribution in [-0.2, 0) is 0 Å². The molecule has 0 spiro atoms. The third-order valence-electron chi connectivity index (χ3n) is 0.815. The van der Waals surface area contributed by atoms with Crippen molar-refractivity contribution in [3.63, 3.8) is 0 Å². The lowest BCUT2D eigenvalue weighted by Gasteiger charge is -2.04. The van der Waals surface area contributed by atoms with Gasteiger partial charge in [0, 0.05) is 9.65 Å². The molecule has 0 aliphatic carbocycles. The highest BCUT2D eigenvalue weighted by Crippen LogP contribution is 2.13. The summed E-state index contributed by atoms with van der Waals surface area (Å²) in [7, 11) is 0. The fraction of sp³-hybridized carbons (Fsp3) is 0.667. The van der Waals surface area contributed by atoms with Gasteiger partial charge in [-0.2, -0.15) is 0 Å². The molecule has 2 atom stereocenters.